The Labute approximate surface area is 172 Å². The molecule has 29 heavy (non-hydrogen) atoms. The normalized spacial score (nSPS) is 26.8. The molecule has 0 unspecified atom stereocenters. The fraction of sp³-hybridized carbons (Fsp3) is 0.522. The van der Waals surface area contributed by atoms with Gasteiger partial charge in [0.25, 0.3) is 0 Å². The van der Waals surface area contributed by atoms with Gasteiger partial charge < -0.3 is 19.3 Å². The van der Waals surface area contributed by atoms with E-state index in [0.717, 1.165) is 43.6 Å². The summed E-state index contributed by atoms with van der Waals surface area (Å²) in [6, 6.07) is 7.97. The summed E-state index contributed by atoms with van der Waals surface area (Å²) in [5.74, 6) is 2.37. The molecule has 0 radical (unpaired) electrons. The summed E-state index contributed by atoms with van der Waals surface area (Å²) in [7, 11) is 4.89. The molecule has 0 amide bonds. The topological polar surface area (TPSA) is 64.1 Å². The lowest BCUT2D eigenvalue weighted by molar-refractivity contribution is -0.148. The Morgan fingerprint density at radius 2 is 1.72 bits per heavy atom. The maximum Gasteiger partial charge on any atom is 0.203 e. The monoisotopic (exact) mass is 398 g/mol. The zero-order valence-electron chi connectivity index (χ0n) is 17.4. The van der Waals surface area contributed by atoms with Gasteiger partial charge >= 0.3 is 0 Å². The number of rotatable bonds is 6. The van der Waals surface area contributed by atoms with Crippen LogP contribution in [0, 0.1) is 11.8 Å². The Morgan fingerprint density at radius 3 is 2.24 bits per heavy atom. The van der Waals surface area contributed by atoms with Gasteiger partial charge in [0, 0.05) is 49.4 Å². The van der Waals surface area contributed by atoms with Crippen molar-refractivity contribution in [1.82, 2.24) is 9.88 Å². The van der Waals surface area contributed by atoms with Crippen LogP contribution < -0.4 is 14.2 Å². The minimum Gasteiger partial charge on any atom is -0.493 e. The van der Waals surface area contributed by atoms with Crippen molar-refractivity contribution in [2.24, 2.45) is 11.8 Å². The van der Waals surface area contributed by atoms with Gasteiger partial charge in [0.05, 0.1) is 26.9 Å². The maximum atomic E-state index is 11.7. The summed E-state index contributed by atoms with van der Waals surface area (Å²) in [5, 5.41) is 11.7. The summed E-state index contributed by atoms with van der Waals surface area (Å²) in [6.07, 6.45) is 6.85. The van der Waals surface area contributed by atoms with E-state index >= 15 is 0 Å². The number of hydrogen-bond donors (Lipinski definition) is 1. The number of hydrogen-bond acceptors (Lipinski definition) is 6. The molecule has 6 nitrogen and oxygen atoms in total. The second-order valence-corrected chi connectivity index (χ2v) is 8.12. The van der Waals surface area contributed by atoms with Gasteiger partial charge in [-0.2, -0.15) is 0 Å². The van der Waals surface area contributed by atoms with Crippen LogP contribution in [0.3, 0.4) is 0 Å². The molecule has 1 N–H and O–H groups in total. The van der Waals surface area contributed by atoms with Crippen LogP contribution in [0.1, 0.15) is 30.4 Å². The number of aromatic nitrogens is 1. The van der Waals surface area contributed by atoms with Gasteiger partial charge in [-0.25, -0.2) is 0 Å². The number of pyridine rings is 1. The Balaban J connectivity index is 1.57. The van der Waals surface area contributed by atoms with Crippen LogP contribution in [0.4, 0.5) is 0 Å². The predicted molar refractivity (Wildman–Crippen MR) is 110 cm³/mol. The van der Waals surface area contributed by atoms with E-state index in [0.29, 0.717) is 17.2 Å². The number of likely N-dealkylation sites (tertiary alicyclic amines) is 1. The third kappa shape index (κ3) is 3.55. The van der Waals surface area contributed by atoms with E-state index in [4.69, 9.17) is 14.2 Å². The first-order chi connectivity index (χ1) is 14.1. The minimum absolute atomic E-state index is 0.209. The summed E-state index contributed by atoms with van der Waals surface area (Å²) >= 11 is 0. The Hall–Kier alpha value is -2.31. The van der Waals surface area contributed by atoms with Gasteiger partial charge in [0.15, 0.2) is 11.5 Å². The van der Waals surface area contributed by atoms with Crippen LogP contribution in [0.5, 0.6) is 17.2 Å². The molecule has 1 aliphatic carbocycles. The summed E-state index contributed by atoms with van der Waals surface area (Å²) in [4.78, 5) is 6.70. The van der Waals surface area contributed by atoms with Gasteiger partial charge in [0.1, 0.15) is 0 Å². The summed E-state index contributed by atoms with van der Waals surface area (Å²) in [6.45, 7) is 2.50. The summed E-state index contributed by atoms with van der Waals surface area (Å²) < 4.78 is 16.4. The van der Waals surface area contributed by atoms with Crippen molar-refractivity contribution < 1.29 is 19.3 Å². The average Bonchev–Trinajstić information content (AvgIpc) is 2.74. The van der Waals surface area contributed by atoms with Crippen molar-refractivity contribution in [2.75, 3.05) is 34.4 Å². The molecule has 4 rings (SSSR count). The molecule has 2 heterocycles. The fourth-order valence-corrected chi connectivity index (χ4v) is 5.23. The third-order valence-electron chi connectivity index (χ3n) is 6.56. The number of methoxy groups -OCH3 is 3. The van der Waals surface area contributed by atoms with E-state index in [1.807, 2.05) is 30.5 Å². The molecule has 1 saturated heterocycles. The SMILES string of the molecule is COc1cc(CN2C[C@@H]3CCC[C@@H](C2)C3(O)c2cccnc2)cc(OC)c1OC. The lowest BCUT2D eigenvalue weighted by Gasteiger charge is -2.53. The molecule has 2 bridgehead atoms. The quantitative estimate of drug-likeness (QED) is 0.806. The predicted octanol–water partition coefficient (Wildman–Crippen LogP) is 3.23. The fourth-order valence-electron chi connectivity index (χ4n) is 5.23. The molecule has 156 valence electrons. The zero-order valence-corrected chi connectivity index (χ0v) is 17.4. The molecule has 6 heteroatoms. The number of nitrogens with zero attached hydrogens (tertiary/aromatic N) is 2. The Morgan fingerprint density at radius 1 is 1.07 bits per heavy atom. The first-order valence-electron chi connectivity index (χ1n) is 10.2. The first-order valence-corrected chi connectivity index (χ1v) is 10.2. The number of ether oxygens (including phenoxy) is 3. The lowest BCUT2D eigenvalue weighted by atomic mass is 9.63. The van der Waals surface area contributed by atoms with Gasteiger partial charge in [0.2, 0.25) is 5.75 Å². The second-order valence-electron chi connectivity index (χ2n) is 8.12. The molecule has 2 aromatic rings. The van der Waals surface area contributed by atoms with E-state index in [2.05, 4.69) is 9.88 Å². The molecular formula is C23H30N2O4. The van der Waals surface area contributed by atoms with Crippen LogP contribution in [0.15, 0.2) is 36.7 Å². The standard InChI is InChI=1S/C23H30N2O4/c1-27-20-10-16(11-21(28-2)22(20)29-3)13-25-14-18-6-4-7-19(15-25)23(18,26)17-8-5-9-24-12-17/h5,8-12,18-19,26H,4,6-7,13-15H2,1-3H3/t18-,19-/m0/s1. The maximum absolute atomic E-state index is 11.7. The molecule has 1 aromatic carbocycles. The highest BCUT2D eigenvalue weighted by Crippen LogP contribution is 2.49. The molecule has 0 spiro atoms. The van der Waals surface area contributed by atoms with Crippen molar-refractivity contribution in [1.29, 1.82) is 0 Å². The van der Waals surface area contributed by atoms with Crippen molar-refractivity contribution in [3.05, 3.63) is 47.8 Å². The minimum atomic E-state index is -0.779. The largest absolute Gasteiger partial charge is 0.493 e. The highest BCUT2D eigenvalue weighted by molar-refractivity contribution is 5.53. The molecule has 2 fully saturated rings. The van der Waals surface area contributed by atoms with Gasteiger partial charge in [-0.05, 0) is 36.6 Å². The van der Waals surface area contributed by atoms with Crippen LogP contribution in [0.2, 0.25) is 0 Å². The number of aliphatic hydroxyl groups is 1. The van der Waals surface area contributed by atoms with Crippen LogP contribution >= 0.6 is 0 Å². The van der Waals surface area contributed by atoms with E-state index < -0.39 is 5.60 Å². The molecule has 2 atom stereocenters. The van der Waals surface area contributed by atoms with E-state index in [-0.39, 0.29) is 11.8 Å². The first kappa shape index (κ1) is 20.0. The van der Waals surface area contributed by atoms with Gasteiger partial charge in [-0.3, -0.25) is 9.88 Å². The summed E-state index contributed by atoms with van der Waals surface area (Å²) in [5.41, 5.74) is 1.30. The van der Waals surface area contributed by atoms with E-state index in [1.54, 1.807) is 27.5 Å². The average molecular weight is 399 g/mol. The number of fused-ring (bicyclic) bond motifs is 2. The smallest absolute Gasteiger partial charge is 0.203 e. The lowest BCUT2D eigenvalue weighted by Crippen LogP contribution is -2.57. The third-order valence-corrected chi connectivity index (χ3v) is 6.56. The highest BCUT2D eigenvalue weighted by atomic mass is 16.5. The van der Waals surface area contributed by atoms with Crippen molar-refractivity contribution in [3.63, 3.8) is 0 Å². The van der Waals surface area contributed by atoms with Crippen molar-refractivity contribution >= 4 is 0 Å². The molecule has 1 aliphatic heterocycles. The van der Waals surface area contributed by atoms with Crippen LogP contribution in [0.25, 0.3) is 0 Å². The van der Waals surface area contributed by atoms with E-state index in [1.165, 1.54) is 6.42 Å². The Kier molecular flexibility index (Phi) is 5.65. The van der Waals surface area contributed by atoms with Gasteiger partial charge in [-0.1, -0.05) is 12.5 Å². The van der Waals surface area contributed by atoms with Crippen molar-refractivity contribution in [3.8, 4) is 17.2 Å². The highest BCUT2D eigenvalue weighted by Gasteiger charge is 2.51. The van der Waals surface area contributed by atoms with E-state index in [9.17, 15) is 5.11 Å². The Bertz CT molecular complexity index is 803. The van der Waals surface area contributed by atoms with Gasteiger partial charge in [-0.15, -0.1) is 0 Å². The molecule has 1 aromatic heterocycles. The molecular weight excluding hydrogens is 368 g/mol. The van der Waals surface area contributed by atoms with Crippen LogP contribution in [-0.2, 0) is 12.1 Å². The second kappa shape index (κ2) is 8.20. The van der Waals surface area contributed by atoms with Crippen molar-refractivity contribution in [2.45, 2.75) is 31.4 Å². The molecule has 2 aliphatic rings. The number of piperidine rings is 1. The molecule has 1 saturated carbocycles. The zero-order chi connectivity index (χ0) is 20.4. The van der Waals surface area contributed by atoms with Crippen LogP contribution in [-0.4, -0.2) is 49.4 Å². The number of benzene rings is 1.